The molecule has 1 N–H and O–H groups in total. The van der Waals surface area contributed by atoms with E-state index in [2.05, 4.69) is 6.58 Å². The lowest BCUT2D eigenvalue weighted by Gasteiger charge is -2.34. The highest BCUT2D eigenvalue weighted by Gasteiger charge is 2.64. The van der Waals surface area contributed by atoms with Gasteiger partial charge in [0.1, 0.15) is 6.10 Å². The zero-order chi connectivity index (χ0) is 24.6. The first-order valence-corrected chi connectivity index (χ1v) is 10.3. The fraction of sp³-hybridized carbons (Fsp3) is 0.480. The highest BCUT2D eigenvalue weighted by Crippen LogP contribution is 2.43. The van der Waals surface area contributed by atoms with E-state index in [0.29, 0.717) is 18.4 Å². The van der Waals surface area contributed by atoms with E-state index in [1.54, 1.807) is 32.1 Å². The van der Waals surface area contributed by atoms with Crippen LogP contribution in [0.5, 0.6) is 0 Å². The molecule has 0 aliphatic rings. The van der Waals surface area contributed by atoms with Gasteiger partial charge in [-0.2, -0.15) is 13.2 Å². The topological polar surface area (TPSA) is 55.8 Å². The fourth-order valence-electron chi connectivity index (χ4n) is 3.09. The summed E-state index contributed by atoms with van der Waals surface area (Å²) >= 11 is 0. The monoisotopic (exact) mass is 454 g/mol. The number of halogens is 3. The second-order valence-electron chi connectivity index (χ2n) is 8.21. The Hall–Kier alpha value is -2.38. The van der Waals surface area contributed by atoms with Crippen LogP contribution in [0.25, 0.3) is 0 Å². The summed E-state index contributed by atoms with van der Waals surface area (Å²) in [7, 11) is 0.840. The first kappa shape index (κ1) is 27.7. The number of esters is 1. The second kappa shape index (κ2) is 11.5. The molecule has 0 saturated heterocycles. The number of ether oxygens (including phenoxy) is 2. The van der Waals surface area contributed by atoms with Gasteiger partial charge in [-0.1, -0.05) is 54.1 Å². The van der Waals surface area contributed by atoms with Crippen molar-refractivity contribution < 1.29 is 32.5 Å². The summed E-state index contributed by atoms with van der Waals surface area (Å²) in [6.45, 7) is 10.6. The number of allylic oxidation sites excluding steroid dienone is 2. The number of carbonyl (C=O) groups excluding carboxylic acids is 1. The molecule has 7 heteroatoms. The number of aliphatic hydroxyl groups is 1. The Labute approximate surface area is 188 Å². The van der Waals surface area contributed by atoms with Crippen LogP contribution in [0.15, 0.2) is 66.3 Å². The van der Waals surface area contributed by atoms with Crippen LogP contribution in [0.1, 0.15) is 52.5 Å². The van der Waals surface area contributed by atoms with Crippen molar-refractivity contribution in [3.8, 4) is 0 Å². The minimum Gasteiger partial charge on any atom is -0.455 e. The maximum atomic E-state index is 14.2. The highest BCUT2D eigenvalue weighted by atomic mass is 19.4. The number of carbonyl (C=O) groups is 1. The number of methoxy groups -OCH3 is 1. The normalized spacial score (nSPS) is 17.0. The van der Waals surface area contributed by atoms with Crippen LogP contribution in [0.2, 0.25) is 0 Å². The Morgan fingerprint density at radius 2 is 1.75 bits per heavy atom. The predicted octanol–water partition coefficient (Wildman–Crippen LogP) is 6.02. The third kappa shape index (κ3) is 7.07. The Morgan fingerprint density at radius 3 is 2.22 bits per heavy atom. The third-order valence-corrected chi connectivity index (χ3v) is 5.23. The van der Waals surface area contributed by atoms with Gasteiger partial charge >= 0.3 is 12.1 Å². The lowest BCUT2D eigenvalue weighted by molar-refractivity contribution is -0.277. The zero-order valence-electron chi connectivity index (χ0n) is 19.3. The van der Waals surface area contributed by atoms with Crippen molar-refractivity contribution in [2.45, 2.75) is 70.4 Å². The van der Waals surface area contributed by atoms with Crippen molar-refractivity contribution in [2.24, 2.45) is 0 Å². The third-order valence-electron chi connectivity index (χ3n) is 5.23. The van der Waals surface area contributed by atoms with Crippen LogP contribution in [0.4, 0.5) is 13.2 Å². The molecule has 3 atom stereocenters. The molecule has 178 valence electrons. The molecule has 0 aliphatic heterocycles. The summed E-state index contributed by atoms with van der Waals surface area (Å²) in [6.07, 6.45) is 0.00733. The van der Waals surface area contributed by atoms with E-state index in [-0.39, 0.29) is 12.0 Å². The molecule has 0 fully saturated rings. The number of alkyl halides is 3. The van der Waals surface area contributed by atoms with Crippen LogP contribution in [-0.2, 0) is 19.9 Å². The summed E-state index contributed by atoms with van der Waals surface area (Å²) in [5.41, 5.74) is -3.16. The van der Waals surface area contributed by atoms with Crippen LogP contribution in [0, 0.1) is 0 Å². The molecular formula is C25H33F3O4. The van der Waals surface area contributed by atoms with E-state index in [1.807, 2.05) is 13.8 Å². The molecule has 1 aromatic carbocycles. The van der Waals surface area contributed by atoms with Gasteiger partial charge in [0.2, 0.25) is 0 Å². The average Bonchev–Trinajstić information content (AvgIpc) is 2.71. The molecule has 0 unspecified atom stereocenters. The van der Waals surface area contributed by atoms with Crippen molar-refractivity contribution >= 4 is 5.97 Å². The largest absolute Gasteiger partial charge is 0.455 e. The van der Waals surface area contributed by atoms with Gasteiger partial charge in [0, 0.05) is 19.1 Å². The molecule has 0 bridgehead atoms. The number of hydrogen-bond acceptors (Lipinski definition) is 4. The lowest BCUT2D eigenvalue weighted by atomic mass is 9.92. The zero-order valence-corrected chi connectivity index (χ0v) is 19.3. The lowest BCUT2D eigenvalue weighted by Crippen LogP contribution is -2.52. The van der Waals surface area contributed by atoms with Crippen molar-refractivity contribution in [3.63, 3.8) is 0 Å². The van der Waals surface area contributed by atoms with Crippen LogP contribution in [-0.4, -0.2) is 36.1 Å². The number of benzene rings is 1. The quantitative estimate of drug-likeness (QED) is 0.328. The standard InChI is InChI=1S/C25H33F3O4/c1-7-23(5,30)17-11-12-19(4)21(16-15-18(2)3)32-22(29)24(31-6,25(26,27)28)20-13-9-8-10-14-20/h7-10,12-15,21,30H,1,11,16-17H2,2-6H3/b19-12+/t21-,23+,24+/m0/s1. The van der Waals surface area contributed by atoms with Crippen LogP contribution >= 0.6 is 0 Å². The Morgan fingerprint density at radius 1 is 1.16 bits per heavy atom. The van der Waals surface area contributed by atoms with Crippen molar-refractivity contribution in [3.05, 3.63) is 71.8 Å². The van der Waals surface area contributed by atoms with Gasteiger partial charge < -0.3 is 14.6 Å². The first-order chi connectivity index (χ1) is 14.8. The Balaban J connectivity index is 3.29. The summed E-state index contributed by atoms with van der Waals surface area (Å²) in [5, 5.41) is 10.1. The molecular weight excluding hydrogens is 421 g/mol. The van der Waals surface area contributed by atoms with E-state index >= 15 is 0 Å². The molecule has 1 rings (SSSR count). The first-order valence-electron chi connectivity index (χ1n) is 10.3. The van der Waals surface area contributed by atoms with E-state index < -0.39 is 29.5 Å². The molecule has 1 aromatic rings. The molecule has 0 aliphatic carbocycles. The molecule has 0 heterocycles. The van der Waals surface area contributed by atoms with Crippen LogP contribution < -0.4 is 0 Å². The predicted molar refractivity (Wildman–Crippen MR) is 119 cm³/mol. The smallest absolute Gasteiger partial charge is 0.432 e. The summed E-state index contributed by atoms with van der Waals surface area (Å²) in [4.78, 5) is 13.0. The van der Waals surface area contributed by atoms with Gasteiger partial charge in [0.25, 0.3) is 5.60 Å². The maximum Gasteiger partial charge on any atom is 0.432 e. The van der Waals surface area contributed by atoms with Gasteiger partial charge in [0.05, 0.1) is 5.60 Å². The SMILES string of the molecule is C=C[C@@](C)(O)CC/C=C(\C)[C@H](CC=C(C)C)OC(=O)[C@](OC)(c1ccccc1)C(F)(F)F. The summed E-state index contributed by atoms with van der Waals surface area (Å²) < 4.78 is 52.7. The van der Waals surface area contributed by atoms with E-state index in [4.69, 9.17) is 9.47 Å². The van der Waals surface area contributed by atoms with Crippen molar-refractivity contribution in [1.29, 1.82) is 0 Å². The molecule has 0 saturated carbocycles. The average molecular weight is 455 g/mol. The van der Waals surface area contributed by atoms with E-state index in [1.165, 1.54) is 30.3 Å². The molecule has 32 heavy (non-hydrogen) atoms. The van der Waals surface area contributed by atoms with Crippen molar-refractivity contribution in [2.75, 3.05) is 7.11 Å². The minimum absolute atomic E-state index is 0.209. The number of hydrogen-bond donors (Lipinski definition) is 1. The van der Waals surface area contributed by atoms with Gasteiger partial charge in [-0.05, 0) is 46.1 Å². The Bertz CT molecular complexity index is 821. The second-order valence-corrected chi connectivity index (χ2v) is 8.21. The summed E-state index contributed by atoms with van der Waals surface area (Å²) in [6, 6.07) is 6.72. The minimum atomic E-state index is -5.04. The van der Waals surface area contributed by atoms with Crippen molar-refractivity contribution in [1.82, 2.24) is 0 Å². The van der Waals surface area contributed by atoms with E-state index in [9.17, 15) is 23.1 Å². The molecule has 0 spiro atoms. The van der Waals surface area contributed by atoms with Gasteiger partial charge in [-0.3, -0.25) is 0 Å². The number of rotatable bonds is 11. The highest BCUT2D eigenvalue weighted by molar-refractivity contribution is 5.83. The fourth-order valence-corrected chi connectivity index (χ4v) is 3.09. The van der Waals surface area contributed by atoms with Gasteiger partial charge in [-0.15, -0.1) is 6.58 Å². The van der Waals surface area contributed by atoms with Gasteiger partial charge in [-0.25, -0.2) is 4.79 Å². The van der Waals surface area contributed by atoms with Crippen LogP contribution in [0.3, 0.4) is 0 Å². The molecule has 0 aromatic heterocycles. The maximum absolute atomic E-state index is 14.2. The molecule has 0 radical (unpaired) electrons. The van der Waals surface area contributed by atoms with Gasteiger partial charge in [0.15, 0.2) is 0 Å². The van der Waals surface area contributed by atoms with E-state index in [0.717, 1.165) is 12.7 Å². The molecule has 0 amide bonds. The summed E-state index contributed by atoms with van der Waals surface area (Å²) in [5.74, 6) is -1.53. The Kier molecular flexibility index (Phi) is 9.92. The molecule has 4 nitrogen and oxygen atoms in total.